The van der Waals surface area contributed by atoms with Crippen molar-refractivity contribution in [2.24, 2.45) is 21.5 Å². The van der Waals surface area contributed by atoms with E-state index in [0.717, 1.165) is 0 Å². The molecule has 9 nitrogen and oxygen atoms in total. The molecule has 0 radical (unpaired) electrons. The number of rotatable bonds is 8. The van der Waals surface area contributed by atoms with Crippen LogP contribution in [0.4, 0.5) is 5.69 Å². The minimum absolute atomic E-state index is 0.0238. The lowest BCUT2D eigenvalue weighted by Gasteiger charge is -2.34. The molecule has 2 fully saturated rings. The number of sulfonamides is 1. The van der Waals surface area contributed by atoms with Gasteiger partial charge in [-0.1, -0.05) is 19.1 Å². The summed E-state index contributed by atoms with van der Waals surface area (Å²) in [5, 5.41) is 2.70. The molecule has 188 valence electrons. The van der Waals surface area contributed by atoms with Gasteiger partial charge in [0.25, 0.3) is 12.5 Å². The van der Waals surface area contributed by atoms with E-state index in [1.165, 1.54) is 16.4 Å². The van der Waals surface area contributed by atoms with E-state index in [9.17, 15) is 18.1 Å². The third-order valence-electron chi connectivity index (χ3n) is 6.68. The summed E-state index contributed by atoms with van der Waals surface area (Å²) in [5.41, 5.74) is 0.259. The van der Waals surface area contributed by atoms with Crippen LogP contribution in [0, 0.1) is 22.8 Å². The zero-order valence-corrected chi connectivity index (χ0v) is 21.1. The number of hydrogen-bond donors (Lipinski definition) is 0. The average molecular weight is 510 g/mol. The molecule has 0 bridgehead atoms. The van der Waals surface area contributed by atoms with Crippen LogP contribution in [0.15, 0.2) is 63.6 Å². The highest BCUT2D eigenvalue weighted by molar-refractivity contribution is 7.89. The van der Waals surface area contributed by atoms with E-state index in [2.05, 4.69) is 10.0 Å². The summed E-state index contributed by atoms with van der Waals surface area (Å²) in [5.74, 6) is -0.158. The number of nitroso groups, excluding NO2 is 1. The second kappa shape index (κ2) is 10.3. The van der Waals surface area contributed by atoms with Gasteiger partial charge >= 0.3 is 5.69 Å². The molecule has 2 aromatic carbocycles. The van der Waals surface area contributed by atoms with Crippen LogP contribution in [0.3, 0.4) is 0 Å². The summed E-state index contributed by atoms with van der Waals surface area (Å²) in [4.78, 5) is 32.7. The Morgan fingerprint density at radius 3 is 2.47 bits per heavy atom. The summed E-state index contributed by atoms with van der Waals surface area (Å²) < 4.78 is 33.8. The number of para-hydroxylation sites is 1. The Hall–Kier alpha value is -3.42. The first-order valence-corrected chi connectivity index (χ1v) is 13.4. The quantitative estimate of drug-likeness (QED) is 0.380. The molecule has 1 aliphatic heterocycles. The SMILES string of the molecule is C#[N+]c1ccccc1C(=N[C@@H]1C[C@H](C)CN(S(=O)(=O)c2ccc(OCC)cc2)C1)C1(C(=O)N=O)CC1. The number of ether oxygens (including phenoxy) is 1. The number of carbonyl (C=O) groups excluding carboxylic acids is 1. The molecule has 10 heteroatoms. The molecular formula is C26H29N4O5S+. The van der Waals surface area contributed by atoms with Crippen LogP contribution in [0.25, 0.3) is 4.85 Å². The van der Waals surface area contributed by atoms with E-state index in [4.69, 9.17) is 16.3 Å². The van der Waals surface area contributed by atoms with E-state index in [-0.39, 0.29) is 17.4 Å². The maximum Gasteiger partial charge on any atom is 0.348 e. The molecule has 0 aromatic heterocycles. The molecule has 1 saturated heterocycles. The highest BCUT2D eigenvalue weighted by Crippen LogP contribution is 2.51. The standard InChI is InChI=1S/C26H29N4O5S/c1-4-35-20-9-11-21(12-10-20)36(33,34)30-16-18(2)15-19(17-30)28-24(26(13-14-26)25(31)29-32)22-7-5-6-8-23(22)27-3/h3,5-12,18-19H,4,13-17H2,1-2H3/q+1/t18-,19+/m0/s1. The van der Waals surface area contributed by atoms with Crippen LogP contribution in [0.1, 0.15) is 38.7 Å². The average Bonchev–Trinajstić information content (AvgIpc) is 3.69. The molecule has 0 N–H and O–H groups in total. The van der Waals surface area contributed by atoms with Crippen molar-refractivity contribution in [1.82, 2.24) is 4.31 Å². The molecule has 0 spiro atoms. The van der Waals surface area contributed by atoms with Crippen molar-refractivity contribution in [2.75, 3.05) is 19.7 Å². The molecule has 2 aliphatic rings. The molecule has 1 heterocycles. The minimum atomic E-state index is -3.78. The van der Waals surface area contributed by atoms with Crippen LogP contribution in [-0.4, -0.2) is 50.1 Å². The van der Waals surface area contributed by atoms with Gasteiger partial charge in [0.1, 0.15) is 5.75 Å². The van der Waals surface area contributed by atoms with Gasteiger partial charge in [0.05, 0.1) is 34.2 Å². The second-order valence-corrected chi connectivity index (χ2v) is 11.3. The first kappa shape index (κ1) is 25.7. The predicted octanol–water partition coefficient (Wildman–Crippen LogP) is 4.64. The molecule has 36 heavy (non-hydrogen) atoms. The Bertz CT molecular complexity index is 1330. The summed E-state index contributed by atoms with van der Waals surface area (Å²) in [6.45, 7) is 10.4. The van der Waals surface area contributed by atoms with Crippen molar-refractivity contribution in [3.05, 3.63) is 63.8 Å². The summed E-state index contributed by atoms with van der Waals surface area (Å²) in [6.07, 6.45) is 1.50. The fourth-order valence-electron chi connectivity index (χ4n) is 4.77. The molecular weight excluding hydrogens is 480 g/mol. The number of amides is 1. The fourth-order valence-corrected chi connectivity index (χ4v) is 6.37. The van der Waals surface area contributed by atoms with Crippen molar-refractivity contribution < 1.29 is 17.9 Å². The number of piperidine rings is 1. The zero-order valence-electron chi connectivity index (χ0n) is 20.3. The summed E-state index contributed by atoms with van der Waals surface area (Å²) in [6, 6.07) is 12.9. The second-order valence-electron chi connectivity index (χ2n) is 9.32. The van der Waals surface area contributed by atoms with Crippen molar-refractivity contribution in [1.29, 1.82) is 0 Å². The van der Waals surface area contributed by atoms with E-state index in [1.54, 1.807) is 36.4 Å². The van der Waals surface area contributed by atoms with Gasteiger partial charge in [-0.25, -0.2) is 8.42 Å². The highest BCUT2D eigenvalue weighted by atomic mass is 32.2. The predicted molar refractivity (Wildman–Crippen MR) is 137 cm³/mol. The highest BCUT2D eigenvalue weighted by Gasteiger charge is 2.57. The lowest BCUT2D eigenvalue weighted by atomic mass is 9.90. The largest absolute Gasteiger partial charge is 0.494 e. The molecule has 0 unspecified atom stereocenters. The van der Waals surface area contributed by atoms with E-state index in [0.29, 0.717) is 55.1 Å². The maximum atomic E-state index is 13.5. The van der Waals surface area contributed by atoms with Gasteiger partial charge in [0.2, 0.25) is 10.0 Å². The lowest BCUT2D eigenvalue weighted by molar-refractivity contribution is -0.120. The molecule has 2 atom stereocenters. The van der Waals surface area contributed by atoms with Gasteiger partial charge in [0.15, 0.2) is 0 Å². The van der Waals surface area contributed by atoms with Gasteiger partial charge in [-0.15, -0.1) is 4.91 Å². The number of aliphatic imine (C=N–C) groups is 1. The van der Waals surface area contributed by atoms with Gasteiger partial charge in [0, 0.05) is 24.3 Å². The van der Waals surface area contributed by atoms with Crippen molar-refractivity contribution in [3.63, 3.8) is 0 Å². The van der Waals surface area contributed by atoms with Gasteiger partial charge < -0.3 is 4.74 Å². The van der Waals surface area contributed by atoms with Crippen LogP contribution in [-0.2, 0) is 14.8 Å². The molecule has 1 saturated carbocycles. The Balaban J connectivity index is 1.70. The Morgan fingerprint density at radius 1 is 1.17 bits per heavy atom. The number of hydrogen-bond acceptors (Lipinski definition) is 6. The lowest BCUT2D eigenvalue weighted by Crippen LogP contribution is -2.45. The molecule has 2 aromatic rings. The van der Waals surface area contributed by atoms with E-state index < -0.39 is 27.4 Å². The van der Waals surface area contributed by atoms with Gasteiger partial charge in [-0.2, -0.15) is 4.31 Å². The normalized spacial score (nSPS) is 21.9. The maximum absolute atomic E-state index is 13.5. The Labute approximate surface area is 211 Å². The van der Waals surface area contributed by atoms with Crippen molar-refractivity contribution in [3.8, 4) is 12.3 Å². The number of nitrogens with zero attached hydrogens (tertiary/aromatic N) is 4. The summed E-state index contributed by atoms with van der Waals surface area (Å²) >= 11 is 0. The zero-order chi connectivity index (χ0) is 25.9. The Kier molecular flexibility index (Phi) is 7.33. The molecule has 1 aliphatic carbocycles. The Morgan fingerprint density at radius 2 is 1.86 bits per heavy atom. The van der Waals surface area contributed by atoms with E-state index in [1.807, 2.05) is 13.8 Å². The number of benzene rings is 2. The van der Waals surface area contributed by atoms with Crippen LogP contribution < -0.4 is 4.74 Å². The third kappa shape index (κ3) is 4.94. The van der Waals surface area contributed by atoms with Crippen LogP contribution in [0.5, 0.6) is 5.75 Å². The van der Waals surface area contributed by atoms with Crippen LogP contribution in [0.2, 0.25) is 0 Å². The fraction of sp³-hybridized carbons (Fsp3) is 0.423. The van der Waals surface area contributed by atoms with Gasteiger partial charge in [-0.05, 0) is 67.3 Å². The minimum Gasteiger partial charge on any atom is -0.494 e. The third-order valence-corrected chi connectivity index (χ3v) is 8.53. The first-order chi connectivity index (χ1) is 17.2. The topological polar surface area (TPSA) is 110 Å². The molecule has 1 amide bonds. The first-order valence-electron chi connectivity index (χ1n) is 11.9. The van der Waals surface area contributed by atoms with Gasteiger partial charge in [-0.3, -0.25) is 9.79 Å². The number of carbonyl (C=O) groups is 1. The molecule has 4 rings (SSSR count). The van der Waals surface area contributed by atoms with Crippen molar-refractivity contribution in [2.45, 2.75) is 44.0 Å². The monoisotopic (exact) mass is 509 g/mol. The van der Waals surface area contributed by atoms with Crippen LogP contribution >= 0.6 is 0 Å². The van der Waals surface area contributed by atoms with E-state index >= 15 is 0 Å². The van der Waals surface area contributed by atoms with Crippen molar-refractivity contribution >= 4 is 27.3 Å². The smallest absolute Gasteiger partial charge is 0.348 e. The summed E-state index contributed by atoms with van der Waals surface area (Å²) in [7, 11) is -3.78.